The molecule has 0 radical (unpaired) electrons. The lowest BCUT2D eigenvalue weighted by atomic mass is 9.93. The van der Waals surface area contributed by atoms with Gasteiger partial charge in [0.15, 0.2) is 11.5 Å². The molecule has 0 saturated carbocycles. The van der Waals surface area contributed by atoms with Crippen LogP contribution in [0.15, 0.2) is 136 Å². The maximum Gasteiger partial charge on any atom is 0.156 e. The van der Waals surface area contributed by atoms with E-state index in [1.165, 1.54) is 19.3 Å². The van der Waals surface area contributed by atoms with E-state index < -0.39 is 0 Å². The Morgan fingerprint density at radius 3 is 1.22 bits per heavy atom. The molecule has 68 heavy (non-hydrogen) atoms. The quantitative estimate of drug-likeness (QED) is 0.0315. The second-order valence-electron chi connectivity index (χ2n) is 14.3. The fourth-order valence-electron chi connectivity index (χ4n) is 6.61. The molecule has 2 aromatic heterocycles. The molecule has 0 aliphatic carbocycles. The minimum absolute atomic E-state index is 0.0952. The summed E-state index contributed by atoms with van der Waals surface area (Å²) in [4.78, 5) is 14.3. The highest BCUT2D eigenvalue weighted by Crippen LogP contribution is 2.41. The van der Waals surface area contributed by atoms with Gasteiger partial charge in [-0.15, -0.1) is 0 Å². The smallest absolute Gasteiger partial charge is 0.156 e. The van der Waals surface area contributed by atoms with Crippen molar-refractivity contribution in [2.24, 2.45) is 5.16 Å². The van der Waals surface area contributed by atoms with Crippen molar-refractivity contribution < 1.29 is 33.3 Å². The summed E-state index contributed by atoms with van der Waals surface area (Å²) in [6, 6.07) is 25.9. The molecule has 10 nitrogen and oxygen atoms in total. The topological polar surface area (TPSA) is 103 Å². The van der Waals surface area contributed by atoms with Crippen molar-refractivity contribution >= 4 is 98.5 Å². The molecule has 0 N–H and O–H groups in total. The highest BCUT2D eigenvalue weighted by Gasteiger charge is 2.24. The molecule has 0 fully saturated rings. The highest BCUT2D eigenvalue weighted by atomic mass is 35.5. The summed E-state index contributed by atoms with van der Waals surface area (Å²) < 4.78 is 36.8. The Balaban J connectivity index is 1.19. The van der Waals surface area contributed by atoms with E-state index in [1.807, 2.05) is 60.7 Å². The van der Waals surface area contributed by atoms with Gasteiger partial charge in [0.05, 0.1) is 46.5 Å². The average Bonchev–Trinajstić information content (AvgIpc) is 3.32. The van der Waals surface area contributed by atoms with Gasteiger partial charge in [-0.05, 0) is 62.1 Å². The molecule has 0 bridgehead atoms. The van der Waals surface area contributed by atoms with E-state index in [0.717, 1.165) is 22.3 Å². The zero-order valence-corrected chi connectivity index (χ0v) is 42.4. The van der Waals surface area contributed by atoms with Crippen LogP contribution in [-0.2, 0) is 4.84 Å². The van der Waals surface area contributed by atoms with Crippen molar-refractivity contribution in [3.63, 3.8) is 0 Å². The van der Waals surface area contributed by atoms with Crippen LogP contribution in [0.3, 0.4) is 0 Å². The number of oxime groups is 1. The minimum Gasteiger partial charge on any atom is -0.492 e. The predicted molar refractivity (Wildman–Crippen MR) is 276 cm³/mol. The van der Waals surface area contributed by atoms with Crippen LogP contribution in [0.4, 0.5) is 0 Å². The third kappa shape index (κ3) is 15.4. The number of benzene rings is 4. The molecule has 2 heterocycles. The number of hydrogen-bond acceptors (Lipinski definition) is 10. The van der Waals surface area contributed by atoms with Gasteiger partial charge >= 0.3 is 0 Å². The van der Waals surface area contributed by atoms with Crippen LogP contribution in [0.1, 0.15) is 36.8 Å². The number of halogens is 8. The number of pyridine rings is 2. The summed E-state index contributed by atoms with van der Waals surface area (Å²) in [6.07, 6.45) is 12.5. The van der Waals surface area contributed by atoms with Gasteiger partial charge in [-0.25, -0.2) is 0 Å². The largest absolute Gasteiger partial charge is 0.492 e. The van der Waals surface area contributed by atoms with Crippen molar-refractivity contribution in [1.29, 1.82) is 0 Å². The Morgan fingerprint density at radius 1 is 0.500 bits per heavy atom. The first-order valence-electron chi connectivity index (χ1n) is 21.0. The monoisotopic (exact) mass is 1080 g/mol. The van der Waals surface area contributed by atoms with Crippen LogP contribution >= 0.6 is 92.8 Å². The summed E-state index contributed by atoms with van der Waals surface area (Å²) in [5.41, 5.74) is 5.13. The van der Waals surface area contributed by atoms with Crippen LogP contribution < -0.4 is 28.4 Å². The SMILES string of the molecule is CON=C(c1cccc(-c2cccnc2)c1OCCCCOc1c(Cl)cc(OCC=C(Cl)Cl)cc1Cl)c1cccc(-c2cccnc2)c1OCCCCOc1c(Cl)cc(OCC=C(Cl)Cl)cc1Cl. The van der Waals surface area contributed by atoms with E-state index in [0.29, 0.717) is 124 Å². The Morgan fingerprint density at radius 2 is 0.882 bits per heavy atom. The molecule has 6 aromatic rings. The maximum atomic E-state index is 6.69. The van der Waals surface area contributed by atoms with E-state index in [9.17, 15) is 0 Å². The van der Waals surface area contributed by atoms with Gasteiger partial charge in [0, 0.05) is 82.4 Å². The third-order valence-corrected chi connectivity index (χ3v) is 11.4. The number of ether oxygens (including phenoxy) is 6. The Bertz CT molecular complexity index is 2460. The number of para-hydroxylation sites is 2. The molecular formula is C50H43Cl8N3O7. The van der Waals surface area contributed by atoms with Crippen LogP contribution in [0, 0.1) is 0 Å². The number of nitrogens with zero attached hydrogens (tertiary/aromatic N) is 3. The van der Waals surface area contributed by atoms with Crippen LogP contribution in [0.2, 0.25) is 20.1 Å². The molecule has 0 aliphatic heterocycles. The van der Waals surface area contributed by atoms with Gasteiger partial charge in [0.25, 0.3) is 0 Å². The summed E-state index contributed by atoms with van der Waals surface area (Å²) in [6.45, 7) is 1.61. The Hall–Kier alpha value is -4.75. The minimum atomic E-state index is 0.0952. The van der Waals surface area contributed by atoms with Gasteiger partial charge in [-0.1, -0.05) is 134 Å². The molecule has 0 atom stereocenters. The van der Waals surface area contributed by atoms with Crippen molar-refractivity contribution in [3.8, 4) is 56.8 Å². The van der Waals surface area contributed by atoms with Gasteiger partial charge in [-0.3, -0.25) is 9.97 Å². The lowest BCUT2D eigenvalue weighted by Gasteiger charge is -2.20. The average molecular weight is 1080 g/mol. The van der Waals surface area contributed by atoms with Gasteiger partial charge in [-0.2, -0.15) is 0 Å². The van der Waals surface area contributed by atoms with Gasteiger partial charge < -0.3 is 33.3 Å². The first-order chi connectivity index (χ1) is 33.0. The fourth-order valence-corrected chi connectivity index (χ4v) is 8.02. The fraction of sp³-hybridized carbons (Fsp3) is 0.220. The van der Waals surface area contributed by atoms with E-state index in [4.69, 9.17) is 126 Å². The zero-order valence-electron chi connectivity index (χ0n) is 36.3. The molecule has 356 valence electrons. The molecule has 6 rings (SSSR count). The molecule has 0 spiro atoms. The predicted octanol–water partition coefficient (Wildman–Crippen LogP) is 15.7. The van der Waals surface area contributed by atoms with Crippen LogP contribution in [0.25, 0.3) is 22.3 Å². The Kier molecular flexibility index (Phi) is 21.2. The number of rotatable bonds is 25. The van der Waals surface area contributed by atoms with Crippen molar-refractivity contribution in [1.82, 2.24) is 9.97 Å². The second kappa shape index (κ2) is 27.4. The lowest BCUT2D eigenvalue weighted by molar-refractivity contribution is 0.213. The van der Waals surface area contributed by atoms with E-state index >= 15 is 0 Å². The summed E-state index contributed by atoms with van der Waals surface area (Å²) in [5, 5.41) is 5.84. The second-order valence-corrected chi connectivity index (χ2v) is 18.0. The van der Waals surface area contributed by atoms with Crippen LogP contribution in [-0.4, -0.2) is 62.4 Å². The number of aromatic nitrogens is 2. The third-order valence-electron chi connectivity index (χ3n) is 9.65. The van der Waals surface area contributed by atoms with Crippen molar-refractivity contribution in [3.05, 3.63) is 162 Å². The first kappa shape index (κ1) is 52.6. The highest BCUT2D eigenvalue weighted by molar-refractivity contribution is 6.56. The summed E-state index contributed by atoms with van der Waals surface area (Å²) in [7, 11) is 1.50. The molecule has 0 amide bonds. The Labute approximate surface area is 435 Å². The van der Waals surface area contributed by atoms with Crippen LogP contribution in [0.5, 0.6) is 34.5 Å². The standard InChI is InChI=1S/C50H43Cl8N3O7/c1-62-61-46(38-14-6-12-36(32-10-8-18-59-30-32)47(38)65-20-2-4-22-67-49-40(51)26-34(27-41(49)52)63-24-16-44(55)56)39-15-7-13-37(33-11-9-19-60-31-33)48(39)66-21-3-5-23-68-50-42(53)28-35(29-43(50)54)64-25-17-45(57)58/h6-19,26-31H,2-5,20-25H2,1H3. The molecule has 0 unspecified atom stereocenters. The maximum absolute atomic E-state index is 6.69. The molecule has 4 aromatic carbocycles. The van der Waals surface area contributed by atoms with Crippen molar-refractivity contribution in [2.75, 3.05) is 46.8 Å². The van der Waals surface area contributed by atoms with E-state index in [2.05, 4.69) is 15.1 Å². The molecular weight excluding hydrogens is 1040 g/mol. The van der Waals surface area contributed by atoms with Gasteiger partial charge in [0.1, 0.15) is 58.0 Å². The zero-order chi connectivity index (χ0) is 48.3. The molecule has 18 heteroatoms. The molecule has 0 saturated heterocycles. The first-order valence-corrected chi connectivity index (χ1v) is 24.0. The number of hydrogen-bond donors (Lipinski definition) is 0. The lowest BCUT2D eigenvalue weighted by Crippen LogP contribution is -2.13. The summed E-state index contributed by atoms with van der Waals surface area (Å²) >= 11 is 48.7. The van der Waals surface area contributed by atoms with E-state index in [1.54, 1.807) is 49.1 Å². The van der Waals surface area contributed by atoms with E-state index in [-0.39, 0.29) is 22.2 Å². The van der Waals surface area contributed by atoms with Crippen molar-refractivity contribution in [2.45, 2.75) is 25.7 Å². The molecule has 0 aliphatic rings. The van der Waals surface area contributed by atoms with Gasteiger partial charge in [0.2, 0.25) is 0 Å². The number of unbranched alkanes of at least 4 members (excludes halogenated alkanes) is 2. The normalized spacial score (nSPS) is 10.7. The summed E-state index contributed by atoms with van der Waals surface area (Å²) in [5.74, 6) is 2.75.